The maximum absolute atomic E-state index is 11.7. The van der Waals surface area contributed by atoms with Crippen molar-refractivity contribution in [1.29, 1.82) is 0 Å². The van der Waals surface area contributed by atoms with Gasteiger partial charge in [-0.3, -0.25) is 4.72 Å². The molecule has 90 valence electrons. The highest BCUT2D eigenvalue weighted by molar-refractivity contribution is 9.10. The summed E-state index contributed by atoms with van der Waals surface area (Å²) in [5.74, 6) is 0. The molecule has 0 atom stereocenters. The first-order chi connectivity index (χ1) is 7.36. The lowest BCUT2D eigenvalue weighted by Gasteiger charge is -2.15. The number of nitrogens with one attached hydrogen (secondary N) is 1. The average molecular weight is 307 g/mol. The number of hydrogen-bond acceptors (Lipinski definition) is 2. The molecule has 0 bridgehead atoms. The van der Waals surface area contributed by atoms with Crippen LogP contribution in [-0.4, -0.2) is 26.8 Å². The summed E-state index contributed by atoms with van der Waals surface area (Å²) in [5.41, 5.74) is 1.58. The molecule has 0 aliphatic heterocycles. The van der Waals surface area contributed by atoms with Crippen LogP contribution in [0.1, 0.15) is 12.5 Å². The normalized spacial score (nSPS) is 11.8. The van der Waals surface area contributed by atoms with Gasteiger partial charge in [-0.15, -0.1) is 0 Å². The first-order valence-corrected chi connectivity index (χ1v) is 7.09. The Morgan fingerprint density at radius 2 is 2.00 bits per heavy atom. The van der Waals surface area contributed by atoms with Gasteiger partial charge in [0, 0.05) is 18.6 Å². The Labute approximate surface area is 105 Å². The number of anilines is 1. The van der Waals surface area contributed by atoms with E-state index in [1.54, 1.807) is 6.07 Å². The molecule has 0 spiro atoms. The van der Waals surface area contributed by atoms with E-state index in [4.69, 9.17) is 0 Å². The van der Waals surface area contributed by atoms with Crippen molar-refractivity contribution in [2.75, 3.05) is 18.8 Å². The van der Waals surface area contributed by atoms with E-state index in [0.29, 0.717) is 5.69 Å². The van der Waals surface area contributed by atoms with E-state index in [2.05, 4.69) is 20.7 Å². The molecule has 0 saturated carbocycles. The standard InChI is InChI=1S/C10H15BrN2O2S/c1-4-8-7-9(11)5-6-10(8)12-16(14,15)13(2)3/h5-7,12H,4H2,1-3H3. The number of benzene rings is 1. The number of rotatable bonds is 4. The van der Waals surface area contributed by atoms with Crippen LogP contribution in [0, 0.1) is 0 Å². The summed E-state index contributed by atoms with van der Waals surface area (Å²) in [4.78, 5) is 0. The third-order valence-corrected chi connectivity index (χ3v) is 4.10. The van der Waals surface area contributed by atoms with Gasteiger partial charge in [0.25, 0.3) is 0 Å². The number of aryl methyl sites for hydroxylation is 1. The van der Waals surface area contributed by atoms with Gasteiger partial charge in [0.05, 0.1) is 5.69 Å². The van der Waals surface area contributed by atoms with Crippen molar-refractivity contribution in [2.45, 2.75) is 13.3 Å². The molecule has 0 heterocycles. The van der Waals surface area contributed by atoms with Crippen LogP contribution in [-0.2, 0) is 16.6 Å². The molecule has 0 aromatic heterocycles. The van der Waals surface area contributed by atoms with Crippen molar-refractivity contribution in [3.05, 3.63) is 28.2 Å². The van der Waals surface area contributed by atoms with Crippen molar-refractivity contribution < 1.29 is 8.42 Å². The smallest absolute Gasteiger partial charge is 0.271 e. The Morgan fingerprint density at radius 3 is 2.50 bits per heavy atom. The second-order valence-electron chi connectivity index (χ2n) is 3.54. The van der Waals surface area contributed by atoms with Crippen LogP contribution in [0.4, 0.5) is 5.69 Å². The highest BCUT2D eigenvalue weighted by Gasteiger charge is 2.14. The second-order valence-corrected chi connectivity index (χ2v) is 6.34. The zero-order chi connectivity index (χ0) is 12.3. The molecule has 0 radical (unpaired) electrons. The van der Waals surface area contributed by atoms with Gasteiger partial charge in [-0.2, -0.15) is 12.7 Å². The van der Waals surface area contributed by atoms with Crippen molar-refractivity contribution in [3.8, 4) is 0 Å². The SMILES string of the molecule is CCc1cc(Br)ccc1NS(=O)(=O)N(C)C. The summed E-state index contributed by atoms with van der Waals surface area (Å²) >= 11 is 3.36. The minimum Gasteiger partial charge on any atom is -0.271 e. The largest absolute Gasteiger partial charge is 0.301 e. The monoisotopic (exact) mass is 306 g/mol. The summed E-state index contributed by atoms with van der Waals surface area (Å²) in [5, 5.41) is 0. The molecule has 0 fully saturated rings. The van der Waals surface area contributed by atoms with E-state index < -0.39 is 10.2 Å². The van der Waals surface area contributed by atoms with Crippen molar-refractivity contribution >= 4 is 31.8 Å². The Bertz CT molecular complexity index is 472. The van der Waals surface area contributed by atoms with Crippen LogP contribution in [0.2, 0.25) is 0 Å². The van der Waals surface area contributed by atoms with Crippen LogP contribution < -0.4 is 4.72 Å². The van der Waals surface area contributed by atoms with Crippen molar-refractivity contribution in [3.63, 3.8) is 0 Å². The summed E-state index contributed by atoms with van der Waals surface area (Å²) in [6.45, 7) is 1.98. The van der Waals surface area contributed by atoms with Gasteiger partial charge in [0.2, 0.25) is 0 Å². The van der Waals surface area contributed by atoms with Gasteiger partial charge in [0.15, 0.2) is 0 Å². The molecule has 0 aliphatic carbocycles. The molecule has 1 N–H and O–H groups in total. The Hall–Kier alpha value is -0.590. The molecule has 0 saturated heterocycles. The molecule has 6 heteroatoms. The van der Waals surface area contributed by atoms with E-state index in [1.165, 1.54) is 14.1 Å². The van der Waals surface area contributed by atoms with Crippen molar-refractivity contribution in [2.24, 2.45) is 0 Å². The van der Waals surface area contributed by atoms with Crippen LogP contribution in [0.15, 0.2) is 22.7 Å². The van der Waals surface area contributed by atoms with Crippen LogP contribution in [0.25, 0.3) is 0 Å². The fraction of sp³-hybridized carbons (Fsp3) is 0.400. The lowest BCUT2D eigenvalue weighted by Crippen LogP contribution is -2.29. The first kappa shape index (κ1) is 13.5. The third-order valence-electron chi connectivity index (χ3n) is 2.17. The summed E-state index contributed by atoms with van der Waals surface area (Å²) in [6, 6.07) is 5.48. The van der Waals surface area contributed by atoms with Gasteiger partial charge < -0.3 is 0 Å². The van der Waals surface area contributed by atoms with E-state index >= 15 is 0 Å². The summed E-state index contributed by atoms with van der Waals surface area (Å²) in [7, 11) is -0.443. The highest BCUT2D eigenvalue weighted by Crippen LogP contribution is 2.22. The Kier molecular flexibility index (Phi) is 4.35. The van der Waals surface area contributed by atoms with E-state index in [-0.39, 0.29) is 0 Å². The van der Waals surface area contributed by atoms with Gasteiger partial charge >= 0.3 is 10.2 Å². The molecular formula is C10H15BrN2O2S. The van der Waals surface area contributed by atoms with Crippen LogP contribution >= 0.6 is 15.9 Å². The highest BCUT2D eigenvalue weighted by atomic mass is 79.9. The predicted molar refractivity (Wildman–Crippen MR) is 69.7 cm³/mol. The van der Waals surface area contributed by atoms with Gasteiger partial charge in [-0.05, 0) is 30.2 Å². The summed E-state index contributed by atoms with van der Waals surface area (Å²) < 4.78 is 27.9. The molecule has 1 aromatic carbocycles. The number of hydrogen-bond donors (Lipinski definition) is 1. The van der Waals surface area contributed by atoms with Crippen molar-refractivity contribution in [1.82, 2.24) is 4.31 Å². The zero-order valence-electron chi connectivity index (χ0n) is 9.49. The maximum atomic E-state index is 11.7. The molecular weight excluding hydrogens is 292 g/mol. The number of nitrogens with zero attached hydrogens (tertiary/aromatic N) is 1. The quantitative estimate of drug-likeness (QED) is 0.927. The topological polar surface area (TPSA) is 49.4 Å². The maximum Gasteiger partial charge on any atom is 0.301 e. The third kappa shape index (κ3) is 3.20. The van der Waals surface area contributed by atoms with Gasteiger partial charge in [-0.25, -0.2) is 0 Å². The van der Waals surface area contributed by atoms with Crippen LogP contribution in [0.5, 0.6) is 0 Å². The first-order valence-electron chi connectivity index (χ1n) is 4.85. The fourth-order valence-corrected chi connectivity index (χ4v) is 2.25. The Balaban J connectivity index is 3.07. The predicted octanol–water partition coefficient (Wildman–Crippen LogP) is 2.23. The van der Waals surface area contributed by atoms with E-state index in [0.717, 1.165) is 20.8 Å². The number of halogens is 1. The second kappa shape index (κ2) is 5.16. The van der Waals surface area contributed by atoms with Crippen LogP contribution in [0.3, 0.4) is 0 Å². The molecule has 4 nitrogen and oxygen atoms in total. The minimum atomic E-state index is -3.43. The lowest BCUT2D eigenvalue weighted by molar-refractivity contribution is 0.526. The molecule has 16 heavy (non-hydrogen) atoms. The molecule has 1 rings (SSSR count). The fourth-order valence-electron chi connectivity index (χ4n) is 1.18. The Morgan fingerprint density at radius 1 is 1.38 bits per heavy atom. The average Bonchev–Trinajstić information content (AvgIpc) is 2.20. The van der Waals surface area contributed by atoms with E-state index in [1.807, 2.05) is 19.1 Å². The lowest BCUT2D eigenvalue weighted by atomic mass is 10.1. The molecule has 0 amide bonds. The van der Waals surface area contributed by atoms with Gasteiger partial charge in [-0.1, -0.05) is 22.9 Å². The zero-order valence-corrected chi connectivity index (χ0v) is 11.9. The summed E-state index contributed by atoms with van der Waals surface area (Å²) in [6.07, 6.45) is 0.769. The molecule has 0 unspecified atom stereocenters. The van der Waals surface area contributed by atoms with Gasteiger partial charge in [0.1, 0.15) is 0 Å². The molecule has 0 aliphatic rings. The molecule has 1 aromatic rings. The minimum absolute atomic E-state index is 0.624. The van der Waals surface area contributed by atoms with E-state index in [9.17, 15) is 8.42 Å².